The molecule has 1 aromatic carbocycles. The van der Waals surface area contributed by atoms with Crippen LogP contribution in [0.5, 0.6) is 0 Å². The van der Waals surface area contributed by atoms with Crippen molar-refractivity contribution >= 4 is 23.6 Å². The molecule has 1 aromatic heterocycles. The van der Waals surface area contributed by atoms with Gasteiger partial charge in [-0.25, -0.2) is 9.59 Å². The standard InChI is InChI=1S/C22H26ClN3O5/c1-3-30-21(27)19-18(14-26(10-12-29-2)13-17-5-4-11-31-17)24-22(28)25-20(19)15-6-8-16(23)9-7-15/h4-9,11,20H,3,10,12-14H2,1-2H3,(H2,24,25,28)/t20-/m0/s1. The minimum absolute atomic E-state index is 0.219. The number of halogens is 1. The lowest BCUT2D eigenvalue weighted by Crippen LogP contribution is -2.48. The maximum atomic E-state index is 12.9. The molecular weight excluding hydrogens is 422 g/mol. The van der Waals surface area contributed by atoms with Gasteiger partial charge in [0.25, 0.3) is 0 Å². The third kappa shape index (κ3) is 6.10. The third-order valence-corrected chi connectivity index (χ3v) is 5.06. The molecule has 1 aliphatic heterocycles. The van der Waals surface area contributed by atoms with Crippen molar-refractivity contribution in [2.75, 3.05) is 33.4 Å². The highest BCUT2D eigenvalue weighted by Gasteiger charge is 2.34. The number of ether oxygens (including phenoxy) is 2. The van der Waals surface area contributed by atoms with E-state index in [0.29, 0.717) is 42.5 Å². The third-order valence-electron chi connectivity index (χ3n) is 4.81. The molecule has 8 nitrogen and oxygen atoms in total. The summed E-state index contributed by atoms with van der Waals surface area (Å²) in [4.78, 5) is 27.4. The Morgan fingerprint density at radius 3 is 2.65 bits per heavy atom. The number of carbonyl (C=O) groups is 2. The van der Waals surface area contributed by atoms with Crippen LogP contribution in [0.4, 0.5) is 4.79 Å². The first-order valence-electron chi connectivity index (χ1n) is 9.98. The van der Waals surface area contributed by atoms with E-state index in [-0.39, 0.29) is 6.61 Å². The SMILES string of the molecule is CCOC(=O)C1=C(CN(CCOC)Cc2ccco2)NC(=O)N[C@H]1c1ccc(Cl)cc1. The molecule has 0 unspecified atom stereocenters. The molecule has 2 amide bonds. The highest BCUT2D eigenvalue weighted by Crippen LogP contribution is 2.29. The van der Waals surface area contributed by atoms with E-state index < -0.39 is 18.0 Å². The number of nitrogens with zero attached hydrogens (tertiary/aromatic N) is 1. The minimum atomic E-state index is -0.659. The van der Waals surface area contributed by atoms with Gasteiger partial charge in [0.1, 0.15) is 5.76 Å². The number of nitrogens with one attached hydrogen (secondary N) is 2. The lowest BCUT2D eigenvalue weighted by atomic mass is 9.95. The molecule has 2 heterocycles. The van der Waals surface area contributed by atoms with Crippen LogP contribution in [-0.4, -0.2) is 50.3 Å². The first-order valence-corrected chi connectivity index (χ1v) is 10.4. The zero-order valence-electron chi connectivity index (χ0n) is 17.5. The second kappa shape index (κ2) is 11.0. The van der Waals surface area contributed by atoms with Crippen molar-refractivity contribution in [3.05, 3.63) is 70.3 Å². The topological polar surface area (TPSA) is 93.0 Å². The van der Waals surface area contributed by atoms with E-state index in [1.165, 1.54) is 0 Å². The van der Waals surface area contributed by atoms with E-state index in [1.807, 2.05) is 17.0 Å². The number of rotatable bonds is 10. The van der Waals surface area contributed by atoms with Gasteiger partial charge in [0.2, 0.25) is 0 Å². The summed E-state index contributed by atoms with van der Waals surface area (Å²) in [5.41, 5.74) is 1.56. The van der Waals surface area contributed by atoms with Crippen LogP contribution in [0.1, 0.15) is 24.3 Å². The van der Waals surface area contributed by atoms with Crippen LogP contribution >= 0.6 is 11.6 Å². The van der Waals surface area contributed by atoms with E-state index in [4.69, 9.17) is 25.5 Å². The number of methoxy groups -OCH3 is 1. The second-order valence-corrected chi connectivity index (χ2v) is 7.41. The van der Waals surface area contributed by atoms with E-state index in [1.54, 1.807) is 44.6 Å². The van der Waals surface area contributed by atoms with Gasteiger partial charge in [-0.1, -0.05) is 23.7 Å². The van der Waals surface area contributed by atoms with Crippen molar-refractivity contribution < 1.29 is 23.5 Å². The summed E-state index contributed by atoms with van der Waals surface area (Å²) in [6.45, 7) is 3.81. The Balaban J connectivity index is 1.97. The Hall–Kier alpha value is -2.81. The molecule has 9 heteroatoms. The molecule has 1 aliphatic rings. The van der Waals surface area contributed by atoms with Crippen molar-refractivity contribution in [2.45, 2.75) is 19.5 Å². The number of amides is 2. The zero-order chi connectivity index (χ0) is 22.2. The van der Waals surface area contributed by atoms with Gasteiger partial charge in [-0.05, 0) is 36.8 Å². The highest BCUT2D eigenvalue weighted by molar-refractivity contribution is 6.30. The molecule has 1 atom stereocenters. The number of hydrogen-bond donors (Lipinski definition) is 2. The molecule has 166 valence electrons. The molecule has 0 bridgehead atoms. The lowest BCUT2D eigenvalue weighted by Gasteiger charge is -2.32. The fraction of sp³-hybridized carbons (Fsp3) is 0.364. The van der Waals surface area contributed by atoms with Gasteiger partial charge in [0.15, 0.2) is 0 Å². The van der Waals surface area contributed by atoms with Crippen LogP contribution < -0.4 is 10.6 Å². The van der Waals surface area contributed by atoms with Crippen molar-refractivity contribution in [1.29, 1.82) is 0 Å². The molecule has 31 heavy (non-hydrogen) atoms. The number of benzene rings is 1. The second-order valence-electron chi connectivity index (χ2n) is 6.98. The summed E-state index contributed by atoms with van der Waals surface area (Å²) in [6.07, 6.45) is 1.61. The van der Waals surface area contributed by atoms with Gasteiger partial charge in [-0.15, -0.1) is 0 Å². The Morgan fingerprint density at radius 2 is 2.00 bits per heavy atom. The molecule has 0 saturated heterocycles. The number of furan rings is 1. The molecule has 2 N–H and O–H groups in total. The van der Waals surface area contributed by atoms with Gasteiger partial charge in [-0.2, -0.15) is 0 Å². The van der Waals surface area contributed by atoms with Crippen LogP contribution in [0.25, 0.3) is 0 Å². The van der Waals surface area contributed by atoms with Crippen LogP contribution in [-0.2, 0) is 20.8 Å². The highest BCUT2D eigenvalue weighted by atomic mass is 35.5. The number of carbonyl (C=O) groups excluding carboxylic acids is 2. The quantitative estimate of drug-likeness (QED) is 0.543. The van der Waals surface area contributed by atoms with Gasteiger partial charge < -0.3 is 24.5 Å². The Kier molecular flexibility index (Phi) is 8.11. The molecule has 0 radical (unpaired) electrons. The molecular formula is C22H26ClN3O5. The zero-order valence-corrected chi connectivity index (χ0v) is 18.3. The molecule has 0 aliphatic carbocycles. The first-order chi connectivity index (χ1) is 15.0. The number of esters is 1. The molecule has 0 fully saturated rings. The summed E-state index contributed by atoms with van der Waals surface area (Å²) < 4.78 is 16.0. The smallest absolute Gasteiger partial charge is 0.338 e. The molecule has 0 spiro atoms. The predicted molar refractivity (Wildman–Crippen MR) is 115 cm³/mol. The first kappa shape index (κ1) is 22.9. The van der Waals surface area contributed by atoms with Gasteiger partial charge >= 0.3 is 12.0 Å². The average molecular weight is 448 g/mol. The lowest BCUT2D eigenvalue weighted by molar-refractivity contribution is -0.139. The molecule has 3 rings (SSSR count). The van der Waals surface area contributed by atoms with E-state index in [0.717, 1.165) is 11.3 Å². The van der Waals surface area contributed by atoms with Gasteiger partial charge in [-0.3, -0.25) is 4.90 Å². The van der Waals surface area contributed by atoms with Crippen molar-refractivity contribution in [1.82, 2.24) is 15.5 Å². The number of urea groups is 1. The molecule has 2 aromatic rings. The summed E-state index contributed by atoms with van der Waals surface area (Å²) in [7, 11) is 1.62. The summed E-state index contributed by atoms with van der Waals surface area (Å²) in [5.74, 6) is 0.276. The van der Waals surface area contributed by atoms with Crippen LogP contribution in [0.2, 0.25) is 5.02 Å². The average Bonchev–Trinajstić information content (AvgIpc) is 3.25. The van der Waals surface area contributed by atoms with E-state index in [2.05, 4.69) is 10.6 Å². The fourth-order valence-corrected chi connectivity index (χ4v) is 3.50. The number of hydrogen-bond acceptors (Lipinski definition) is 6. The van der Waals surface area contributed by atoms with Crippen molar-refractivity contribution in [3.8, 4) is 0 Å². The van der Waals surface area contributed by atoms with Crippen LogP contribution in [0.3, 0.4) is 0 Å². The van der Waals surface area contributed by atoms with E-state index in [9.17, 15) is 9.59 Å². The van der Waals surface area contributed by atoms with Gasteiger partial charge in [0.05, 0.1) is 37.6 Å². The van der Waals surface area contributed by atoms with Crippen LogP contribution in [0.15, 0.2) is 58.3 Å². The monoisotopic (exact) mass is 447 g/mol. The largest absolute Gasteiger partial charge is 0.468 e. The Bertz CT molecular complexity index is 912. The maximum Gasteiger partial charge on any atom is 0.338 e. The minimum Gasteiger partial charge on any atom is -0.468 e. The Morgan fingerprint density at radius 1 is 1.23 bits per heavy atom. The Labute approximate surface area is 186 Å². The van der Waals surface area contributed by atoms with Crippen molar-refractivity contribution in [3.63, 3.8) is 0 Å². The summed E-state index contributed by atoms with van der Waals surface area (Å²) in [6, 6.07) is 9.63. The normalized spacial score (nSPS) is 16.3. The van der Waals surface area contributed by atoms with E-state index >= 15 is 0 Å². The summed E-state index contributed by atoms with van der Waals surface area (Å²) >= 11 is 6.01. The fourth-order valence-electron chi connectivity index (χ4n) is 3.38. The molecule has 0 saturated carbocycles. The maximum absolute atomic E-state index is 12.9. The van der Waals surface area contributed by atoms with Gasteiger partial charge in [0, 0.05) is 30.9 Å². The van der Waals surface area contributed by atoms with Crippen LogP contribution in [0, 0.1) is 0 Å². The predicted octanol–water partition coefficient (Wildman–Crippen LogP) is 3.25. The van der Waals surface area contributed by atoms with Crippen molar-refractivity contribution in [2.24, 2.45) is 0 Å². The summed E-state index contributed by atoms with van der Waals surface area (Å²) in [5, 5.41) is 6.18.